The van der Waals surface area contributed by atoms with E-state index < -0.39 is 0 Å². The highest BCUT2D eigenvalue weighted by molar-refractivity contribution is 7.15. The average molecular weight is 321 g/mol. The molecule has 0 bridgehead atoms. The van der Waals surface area contributed by atoms with Crippen molar-refractivity contribution in [2.24, 2.45) is 5.92 Å². The molecule has 5 heteroatoms. The zero-order valence-electron chi connectivity index (χ0n) is 11.9. The zero-order valence-corrected chi connectivity index (χ0v) is 13.4. The Balaban J connectivity index is 1.68. The normalized spacial score (nSPS) is 14.8. The Morgan fingerprint density at radius 1 is 1.38 bits per heavy atom. The number of rotatable bonds is 4. The highest BCUT2D eigenvalue weighted by Crippen LogP contribution is 2.30. The first-order valence-electron chi connectivity index (χ1n) is 7.13. The van der Waals surface area contributed by atoms with E-state index in [1.807, 2.05) is 31.2 Å². The molecular weight excluding hydrogens is 304 g/mol. The van der Waals surface area contributed by atoms with Gasteiger partial charge >= 0.3 is 0 Å². The molecule has 0 radical (unpaired) electrons. The number of carbonyl (C=O) groups is 1. The van der Waals surface area contributed by atoms with Crippen molar-refractivity contribution in [3.8, 4) is 0 Å². The molecule has 0 spiro atoms. The van der Waals surface area contributed by atoms with Gasteiger partial charge in [-0.25, -0.2) is 4.98 Å². The van der Waals surface area contributed by atoms with Crippen LogP contribution in [-0.4, -0.2) is 10.9 Å². The number of amides is 1. The summed E-state index contributed by atoms with van der Waals surface area (Å²) in [7, 11) is 0. The van der Waals surface area contributed by atoms with Crippen molar-refractivity contribution in [3.63, 3.8) is 0 Å². The van der Waals surface area contributed by atoms with Crippen LogP contribution in [0.5, 0.6) is 0 Å². The van der Waals surface area contributed by atoms with Crippen LogP contribution in [0.2, 0.25) is 5.02 Å². The lowest BCUT2D eigenvalue weighted by Gasteiger charge is -2.23. The fourth-order valence-electron chi connectivity index (χ4n) is 2.31. The Bertz CT molecular complexity index is 647. The van der Waals surface area contributed by atoms with Gasteiger partial charge in [0.15, 0.2) is 5.13 Å². The summed E-state index contributed by atoms with van der Waals surface area (Å²) < 4.78 is 0. The van der Waals surface area contributed by atoms with E-state index in [4.69, 9.17) is 11.6 Å². The second-order valence-corrected chi connectivity index (χ2v) is 6.97. The molecule has 2 aromatic rings. The summed E-state index contributed by atoms with van der Waals surface area (Å²) in [6.07, 6.45) is 4.00. The second kappa shape index (κ2) is 6.16. The molecule has 3 nitrogen and oxygen atoms in total. The lowest BCUT2D eigenvalue weighted by Crippen LogP contribution is -2.27. The van der Waals surface area contributed by atoms with Crippen LogP contribution in [0.25, 0.3) is 0 Å². The van der Waals surface area contributed by atoms with Crippen LogP contribution in [0.15, 0.2) is 24.3 Å². The van der Waals surface area contributed by atoms with Crippen molar-refractivity contribution in [2.45, 2.75) is 32.6 Å². The minimum absolute atomic E-state index is 0.119. The van der Waals surface area contributed by atoms with E-state index in [0.29, 0.717) is 5.13 Å². The molecule has 1 fully saturated rings. The van der Waals surface area contributed by atoms with E-state index in [2.05, 4.69) is 10.3 Å². The van der Waals surface area contributed by atoms with Gasteiger partial charge in [-0.2, -0.15) is 0 Å². The van der Waals surface area contributed by atoms with E-state index >= 15 is 0 Å². The highest BCUT2D eigenvalue weighted by Gasteiger charge is 2.26. The Hall–Kier alpha value is -1.39. The fraction of sp³-hybridized carbons (Fsp3) is 0.375. The van der Waals surface area contributed by atoms with Crippen molar-refractivity contribution < 1.29 is 4.79 Å². The number of nitrogens with zero attached hydrogens (tertiary/aromatic N) is 1. The average Bonchev–Trinajstić information content (AvgIpc) is 2.70. The molecule has 1 aliphatic carbocycles. The summed E-state index contributed by atoms with van der Waals surface area (Å²) in [5.74, 6) is 0.307. The number of benzene rings is 1. The maximum Gasteiger partial charge on any atom is 0.229 e. The van der Waals surface area contributed by atoms with E-state index in [0.717, 1.165) is 36.4 Å². The molecule has 1 amide bonds. The molecule has 1 N–H and O–H groups in total. The summed E-state index contributed by atoms with van der Waals surface area (Å²) in [6.45, 7) is 1.99. The monoisotopic (exact) mass is 320 g/mol. The van der Waals surface area contributed by atoms with Crippen LogP contribution in [0.1, 0.15) is 35.4 Å². The second-order valence-electron chi connectivity index (χ2n) is 5.45. The summed E-state index contributed by atoms with van der Waals surface area (Å²) in [5, 5.41) is 4.41. The minimum atomic E-state index is 0.119. The van der Waals surface area contributed by atoms with Crippen LogP contribution >= 0.6 is 22.9 Å². The minimum Gasteiger partial charge on any atom is -0.302 e. The van der Waals surface area contributed by atoms with Crippen molar-refractivity contribution in [2.75, 3.05) is 5.32 Å². The highest BCUT2D eigenvalue weighted by atomic mass is 35.5. The van der Waals surface area contributed by atoms with E-state index in [9.17, 15) is 4.79 Å². The largest absolute Gasteiger partial charge is 0.302 e. The Morgan fingerprint density at radius 2 is 2.10 bits per heavy atom. The fourth-order valence-corrected chi connectivity index (χ4v) is 3.44. The van der Waals surface area contributed by atoms with Gasteiger partial charge < -0.3 is 5.32 Å². The molecule has 1 heterocycles. The molecule has 1 aromatic carbocycles. The summed E-state index contributed by atoms with van der Waals surface area (Å²) >= 11 is 7.46. The quantitative estimate of drug-likeness (QED) is 0.905. The van der Waals surface area contributed by atoms with Gasteiger partial charge in [-0.1, -0.05) is 30.2 Å². The summed E-state index contributed by atoms with van der Waals surface area (Å²) in [5.41, 5.74) is 2.18. The third-order valence-corrected chi connectivity index (χ3v) is 5.20. The molecular formula is C16H17ClN2OS. The predicted octanol–water partition coefficient (Wildman–Crippen LogP) is 4.43. The molecule has 0 saturated heterocycles. The Morgan fingerprint density at radius 3 is 2.71 bits per heavy atom. The zero-order chi connectivity index (χ0) is 14.8. The smallest absolute Gasteiger partial charge is 0.229 e. The van der Waals surface area contributed by atoms with Gasteiger partial charge in [0, 0.05) is 22.2 Å². The number of hydrogen-bond acceptors (Lipinski definition) is 3. The SMILES string of the molecule is Cc1nc(NC(=O)C2CCC2)sc1Cc1ccc(Cl)cc1. The molecule has 1 aliphatic rings. The number of hydrogen-bond donors (Lipinski definition) is 1. The number of thiazole rings is 1. The van der Waals surface area contributed by atoms with Crippen molar-refractivity contribution >= 4 is 34.0 Å². The standard InChI is InChI=1S/C16H17ClN2OS/c1-10-14(9-11-5-7-13(17)8-6-11)21-16(18-10)19-15(20)12-3-2-4-12/h5-8,12H,2-4,9H2,1H3,(H,18,19,20). The van der Waals surface area contributed by atoms with Gasteiger partial charge in [0.1, 0.15) is 0 Å². The van der Waals surface area contributed by atoms with Crippen molar-refractivity contribution in [1.82, 2.24) is 4.98 Å². The number of anilines is 1. The van der Waals surface area contributed by atoms with Crippen LogP contribution < -0.4 is 5.32 Å². The van der Waals surface area contributed by atoms with Crippen LogP contribution in [0, 0.1) is 12.8 Å². The van der Waals surface area contributed by atoms with Crippen molar-refractivity contribution in [3.05, 3.63) is 45.4 Å². The van der Waals surface area contributed by atoms with Crippen LogP contribution in [0.3, 0.4) is 0 Å². The Kier molecular flexibility index (Phi) is 4.27. The first-order chi connectivity index (χ1) is 10.1. The molecule has 21 heavy (non-hydrogen) atoms. The van der Waals surface area contributed by atoms with Gasteiger partial charge in [0.05, 0.1) is 5.69 Å². The molecule has 0 aliphatic heterocycles. The van der Waals surface area contributed by atoms with Gasteiger partial charge in [0.25, 0.3) is 0 Å². The first kappa shape index (κ1) is 14.5. The van der Waals surface area contributed by atoms with Gasteiger partial charge in [0.2, 0.25) is 5.91 Å². The van der Waals surface area contributed by atoms with Crippen molar-refractivity contribution in [1.29, 1.82) is 0 Å². The van der Waals surface area contributed by atoms with Gasteiger partial charge in [-0.15, -0.1) is 11.3 Å². The molecule has 1 saturated carbocycles. The van der Waals surface area contributed by atoms with Gasteiger partial charge in [-0.3, -0.25) is 4.79 Å². The number of aryl methyl sites for hydroxylation is 1. The first-order valence-corrected chi connectivity index (χ1v) is 8.33. The number of aromatic nitrogens is 1. The molecule has 3 rings (SSSR count). The van der Waals surface area contributed by atoms with E-state index in [1.54, 1.807) is 11.3 Å². The summed E-state index contributed by atoms with van der Waals surface area (Å²) in [4.78, 5) is 17.6. The van der Waals surface area contributed by atoms with E-state index in [-0.39, 0.29) is 11.8 Å². The maximum absolute atomic E-state index is 12.0. The maximum atomic E-state index is 12.0. The van der Waals surface area contributed by atoms with Gasteiger partial charge in [-0.05, 0) is 37.5 Å². The number of carbonyl (C=O) groups excluding carboxylic acids is 1. The topological polar surface area (TPSA) is 42.0 Å². The van der Waals surface area contributed by atoms with E-state index in [1.165, 1.54) is 10.4 Å². The number of nitrogens with one attached hydrogen (secondary N) is 1. The third kappa shape index (κ3) is 3.44. The number of halogens is 1. The van der Waals surface area contributed by atoms with Crippen LogP contribution in [0.4, 0.5) is 5.13 Å². The lowest BCUT2D eigenvalue weighted by atomic mass is 9.85. The Labute approximate surface area is 133 Å². The molecule has 1 aromatic heterocycles. The summed E-state index contributed by atoms with van der Waals surface area (Å²) in [6, 6.07) is 7.83. The lowest BCUT2D eigenvalue weighted by molar-refractivity contribution is -0.122. The molecule has 110 valence electrons. The van der Waals surface area contributed by atoms with Crippen LogP contribution in [-0.2, 0) is 11.2 Å². The predicted molar refractivity (Wildman–Crippen MR) is 87.1 cm³/mol. The third-order valence-electron chi connectivity index (χ3n) is 3.88. The molecule has 0 atom stereocenters. The molecule has 0 unspecified atom stereocenters.